The van der Waals surface area contributed by atoms with Crippen LogP contribution in [0.1, 0.15) is 112 Å². The van der Waals surface area contributed by atoms with Crippen LogP contribution in [0.2, 0.25) is 0 Å². The molecule has 13 rings (SSSR count). The van der Waals surface area contributed by atoms with Crippen LogP contribution in [0.15, 0.2) is 174 Å². The van der Waals surface area contributed by atoms with Crippen molar-refractivity contribution < 1.29 is 28.6 Å². The molecule has 9 aromatic carbocycles. The van der Waals surface area contributed by atoms with E-state index in [-0.39, 0.29) is 48.3 Å². The topological polar surface area (TPSA) is 56.7 Å². The Morgan fingerprint density at radius 1 is 0.627 bits per heavy atom. The molecular formula is C69H60IrN4O-2. The summed E-state index contributed by atoms with van der Waals surface area (Å²) in [7, 11) is 0. The van der Waals surface area contributed by atoms with E-state index in [0.29, 0.717) is 11.5 Å². The molecule has 373 valence electrons. The van der Waals surface area contributed by atoms with Gasteiger partial charge in [0.25, 0.3) is 0 Å². The second-order valence-corrected chi connectivity index (χ2v) is 22.0. The summed E-state index contributed by atoms with van der Waals surface area (Å²) in [6.45, 7) is 17.6. The molecule has 0 atom stereocenters. The first-order chi connectivity index (χ1) is 36.9. The van der Waals surface area contributed by atoms with Gasteiger partial charge in [0, 0.05) is 58.0 Å². The second kappa shape index (κ2) is 19.0. The van der Waals surface area contributed by atoms with Crippen LogP contribution in [0.25, 0.3) is 105 Å². The number of fused-ring (bicyclic) bond motifs is 10. The van der Waals surface area contributed by atoms with Crippen LogP contribution in [0, 0.1) is 19.0 Å². The summed E-state index contributed by atoms with van der Waals surface area (Å²) in [5.74, 6) is 1.83. The molecule has 6 heteroatoms. The number of benzene rings is 9. The van der Waals surface area contributed by atoms with E-state index in [4.69, 9.17) is 13.5 Å². The van der Waals surface area contributed by atoms with Crippen LogP contribution in [0.3, 0.4) is 0 Å². The summed E-state index contributed by atoms with van der Waals surface area (Å²) >= 11 is 0. The zero-order chi connectivity index (χ0) is 53.7. The molecule has 0 bridgehead atoms. The van der Waals surface area contributed by atoms with Crippen molar-refractivity contribution in [1.29, 1.82) is 0 Å². The van der Waals surface area contributed by atoms with Gasteiger partial charge in [-0.05, 0) is 133 Å². The number of furan rings is 1. The molecule has 5 nitrogen and oxygen atoms in total. The van der Waals surface area contributed by atoms with Crippen molar-refractivity contribution in [2.45, 2.75) is 91.8 Å². The molecule has 1 aliphatic rings. The third kappa shape index (κ3) is 8.49. The molecule has 0 amide bonds. The molecule has 1 aliphatic carbocycles. The minimum Gasteiger partial charge on any atom is -0.501 e. The fraction of sp³-hybridized carbons (Fsp3) is 0.203. The van der Waals surface area contributed by atoms with Crippen molar-refractivity contribution in [3.05, 3.63) is 216 Å². The van der Waals surface area contributed by atoms with Gasteiger partial charge in [0.15, 0.2) is 0 Å². The van der Waals surface area contributed by atoms with Gasteiger partial charge in [0.05, 0.1) is 28.3 Å². The number of aromatic nitrogens is 4. The first-order valence-electron chi connectivity index (χ1n) is 27.3. The Kier molecular flexibility index (Phi) is 11.7. The van der Waals surface area contributed by atoms with Crippen molar-refractivity contribution >= 4 is 54.5 Å². The van der Waals surface area contributed by atoms with Crippen LogP contribution in [-0.2, 0) is 30.9 Å². The molecule has 0 saturated heterocycles. The smallest absolute Gasteiger partial charge is 0.121 e. The van der Waals surface area contributed by atoms with Gasteiger partial charge >= 0.3 is 0 Å². The summed E-state index contributed by atoms with van der Waals surface area (Å²) in [4.78, 5) is 14.1. The molecule has 0 fully saturated rings. The number of para-hydroxylation sites is 2. The van der Waals surface area contributed by atoms with Crippen molar-refractivity contribution in [1.82, 2.24) is 19.5 Å². The van der Waals surface area contributed by atoms with Gasteiger partial charge < -0.3 is 8.98 Å². The number of hydrogen-bond donors (Lipinski definition) is 0. The van der Waals surface area contributed by atoms with Crippen molar-refractivity contribution in [2.75, 3.05) is 0 Å². The summed E-state index contributed by atoms with van der Waals surface area (Å²) in [6, 6.07) is 65.1. The fourth-order valence-electron chi connectivity index (χ4n) is 11.3. The Labute approximate surface area is 458 Å². The summed E-state index contributed by atoms with van der Waals surface area (Å²) in [5, 5.41) is 7.01. The molecule has 0 spiro atoms. The van der Waals surface area contributed by atoms with Gasteiger partial charge in [-0.2, -0.15) is 0 Å². The number of nitrogens with zero attached hydrogens (tertiary/aromatic N) is 4. The predicted molar refractivity (Wildman–Crippen MR) is 309 cm³/mol. The van der Waals surface area contributed by atoms with E-state index >= 15 is 0 Å². The Bertz CT molecular complexity index is 4260. The molecule has 0 saturated carbocycles. The third-order valence-electron chi connectivity index (χ3n) is 15.1. The average molecular weight is 1160 g/mol. The van der Waals surface area contributed by atoms with Crippen LogP contribution < -0.4 is 0 Å². The van der Waals surface area contributed by atoms with Gasteiger partial charge in [0.2, 0.25) is 0 Å². The largest absolute Gasteiger partial charge is 0.501 e. The van der Waals surface area contributed by atoms with E-state index in [1.165, 1.54) is 77.9 Å². The van der Waals surface area contributed by atoms with Gasteiger partial charge in [-0.25, -0.2) is 0 Å². The maximum Gasteiger partial charge on any atom is 0.121 e. The SMILES string of the molecule is CC(C)c1cc(-c2ccc3c(c2)C(C)(C)c2ccccc2-3)cc(C(C)C)c1-n1c(-c2[c-]ccc3c2oc2cc4c(ccc5ccccc54)cc23)nc2ccccc21.[2H]C([2H])([2H])c1cnc(-c2[c-]cccc2)nc1C(C)(C)C.[Ir]. The van der Waals surface area contributed by atoms with Gasteiger partial charge in [-0.1, -0.05) is 158 Å². The van der Waals surface area contributed by atoms with E-state index in [9.17, 15) is 0 Å². The van der Waals surface area contributed by atoms with Crippen LogP contribution in [0.4, 0.5) is 0 Å². The van der Waals surface area contributed by atoms with Gasteiger partial charge in [-0.3, -0.25) is 15.0 Å². The van der Waals surface area contributed by atoms with Crippen molar-refractivity contribution in [3.8, 4) is 50.7 Å². The molecule has 3 aromatic heterocycles. The van der Waals surface area contributed by atoms with Crippen LogP contribution in [0.5, 0.6) is 0 Å². The Balaban J connectivity index is 0.000000261. The summed E-state index contributed by atoms with van der Waals surface area (Å²) in [5.41, 5.74) is 17.4. The predicted octanol–water partition coefficient (Wildman–Crippen LogP) is 18.5. The third-order valence-corrected chi connectivity index (χ3v) is 15.1. The van der Waals surface area contributed by atoms with Crippen molar-refractivity contribution in [3.63, 3.8) is 0 Å². The standard InChI is InChI=1S/C54H43N2O.C15H17N2.Ir/c1-31(2)42-27-36(34-24-25-39-38-16-9-10-19-46(38)54(5,6)47(39)29-34)28-43(32(3)4)51(42)56-49-21-12-11-20-48(49)55-53(56)41-18-13-17-40-45-26-35-23-22-33-14-7-8-15-37(33)44(35)30-50(45)57-52(40)41;1-11-10-16-14(12-8-6-5-7-9-12)17-13(11)15(2,3)4;/h7-17,19-32H,1-6H3;5-8,10H,1-4H3;/q2*-1;/i;1D3;. The molecule has 0 unspecified atom stereocenters. The molecule has 75 heavy (non-hydrogen) atoms. The molecular weight excluding hydrogens is 1090 g/mol. The quantitative estimate of drug-likeness (QED) is 0.123. The molecule has 3 heterocycles. The van der Waals surface area contributed by atoms with Gasteiger partial charge in [0.1, 0.15) is 5.58 Å². The molecule has 12 aromatic rings. The number of rotatable bonds is 6. The van der Waals surface area contributed by atoms with Crippen LogP contribution >= 0.6 is 0 Å². The number of hydrogen-bond acceptors (Lipinski definition) is 4. The second-order valence-electron chi connectivity index (χ2n) is 22.0. The number of imidazole rings is 1. The first kappa shape index (κ1) is 46.1. The maximum absolute atomic E-state index is 7.61. The Morgan fingerprint density at radius 2 is 1.35 bits per heavy atom. The summed E-state index contributed by atoms with van der Waals surface area (Å²) < 4.78 is 32.1. The fourth-order valence-corrected chi connectivity index (χ4v) is 11.3. The van der Waals surface area contributed by atoms with Crippen molar-refractivity contribution in [2.24, 2.45) is 0 Å². The Morgan fingerprint density at radius 3 is 2.11 bits per heavy atom. The minimum absolute atomic E-state index is 0. The summed E-state index contributed by atoms with van der Waals surface area (Å²) in [6.07, 6.45) is 1.41. The maximum atomic E-state index is 7.61. The molecule has 0 N–H and O–H groups in total. The average Bonchev–Trinajstić information content (AvgIpc) is 4.25. The zero-order valence-electron chi connectivity index (χ0n) is 46.9. The van der Waals surface area contributed by atoms with E-state index in [0.717, 1.165) is 49.9 Å². The zero-order valence-corrected chi connectivity index (χ0v) is 46.2. The van der Waals surface area contributed by atoms with E-state index < -0.39 is 6.85 Å². The molecule has 1 radical (unpaired) electrons. The molecule has 0 aliphatic heterocycles. The number of aryl methyl sites for hydroxylation is 1. The first-order valence-corrected chi connectivity index (χ1v) is 25.8. The van der Waals surface area contributed by atoms with Gasteiger partial charge in [-0.15, -0.1) is 54.1 Å². The normalized spacial score (nSPS) is 13.7. The Hall–Kier alpha value is -7.50. The van der Waals surface area contributed by atoms with E-state index in [1.54, 1.807) is 6.07 Å². The van der Waals surface area contributed by atoms with E-state index in [1.807, 2.05) is 45.0 Å². The minimum atomic E-state index is -2.21. The van der Waals surface area contributed by atoms with E-state index in [2.05, 4.69) is 202 Å². The monoisotopic (exact) mass is 1160 g/mol. The van der Waals surface area contributed by atoms with Crippen LogP contribution in [-0.4, -0.2) is 19.5 Å².